The van der Waals surface area contributed by atoms with Gasteiger partial charge in [-0.25, -0.2) is 0 Å². The summed E-state index contributed by atoms with van der Waals surface area (Å²) in [5.74, 6) is 0.711. The number of halogens is 1. The third-order valence-electron chi connectivity index (χ3n) is 3.36. The Labute approximate surface area is 113 Å². The predicted octanol–water partition coefficient (Wildman–Crippen LogP) is 2.30. The molecule has 0 aliphatic carbocycles. The summed E-state index contributed by atoms with van der Waals surface area (Å²) in [5, 5.41) is 4.00. The van der Waals surface area contributed by atoms with E-state index < -0.39 is 0 Å². The fourth-order valence-electron chi connectivity index (χ4n) is 2.29. The standard InChI is InChI=1S/C14H19ClN2O/c1-17(10-12-3-2-4-13(15)7-12)14(18)8-11-5-6-16-9-11/h2-4,7,11,16H,5-6,8-10H2,1H3. The zero-order valence-corrected chi connectivity index (χ0v) is 11.4. The molecule has 18 heavy (non-hydrogen) atoms. The predicted molar refractivity (Wildman–Crippen MR) is 73.5 cm³/mol. The largest absolute Gasteiger partial charge is 0.341 e. The zero-order valence-electron chi connectivity index (χ0n) is 10.7. The first-order valence-electron chi connectivity index (χ1n) is 6.34. The lowest BCUT2D eigenvalue weighted by atomic mass is 10.0. The molecule has 1 N–H and O–H groups in total. The van der Waals surface area contributed by atoms with Crippen LogP contribution in [0, 0.1) is 5.92 Å². The number of amides is 1. The van der Waals surface area contributed by atoms with Crippen LogP contribution in [0.25, 0.3) is 0 Å². The maximum Gasteiger partial charge on any atom is 0.222 e. The molecule has 1 saturated heterocycles. The minimum Gasteiger partial charge on any atom is -0.341 e. The van der Waals surface area contributed by atoms with Crippen LogP contribution in [0.1, 0.15) is 18.4 Å². The topological polar surface area (TPSA) is 32.3 Å². The highest BCUT2D eigenvalue weighted by atomic mass is 35.5. The second kappa shape index (κ2) is 6.21. The van der Waals surface area contributed by atoms with E-state index in [0.717, 1.165) is 25.1 Å². The van der Waals surface area contributed by atoms with Gasteiger partial charge < -0.3 is 10.2 Å². The first-order valence-corrected chi connectivity index (χ1v) is 6.72. The van der Waals surface area contributed by atoms with E-state index in [0.29, 0.717) is 23.9 Å². The van der Waals surface area contributed by atoms with Crippen molar-refractivity contribution >= 4 is 17.5 Å². The summed E-state index contributed by atoms with van der Waals surface area (Å²) in [4.78, 5) is 13.8. The van der Waals surface area contributed by atoms with E-state index in [1.165, 1.54) is 0 Å². The molecule has 1 aromatic rings. The van der Waals surface area contributed by atoms with Crippen LogP contribution >= 0.6 is 11.6 Å². The Balaban J connectivity index is 1.86. The van der Waals surface area contributed by atoms with Crippen LogP contribution in [0.15, 0.2) is 24.3 Å². The van der Waals surface area contributed by atoms with Crippen molar-refractivity contribution < 1.29 is 4.79 Å². The maximum absolute atomic E-state index is 12.1. The summed E-state index contributed by atoms with van der Waals surface area (Å²) in [7, 11) is 1.85. The molecular formula is C14H19ClN2O. The quantitative estimate of drug-likeness (QED) is 0.907. The van der Waals surface area contributed by atoms with Crippen molar-refractivity contribution in [1.29, 1.82) is 0 Å². The molecule has 1 aliphatic heterocycles. The van der Waals surface area contributed by atoms with E-state index in [1.807, 2.05) is 31.3 Å². The van der Waals surface area contributed by atoms with Crippen LogP contribution in [-0.2, 0) is 11.3 Å². The molecule has 1 unspecified atom stereocenters. The summed E-state index contributed by atoms with van der Waals surface area (Å²) >= 11 is 5.93. The molecule has 0 aromatic heterocycles. The molecule has 4 heteroatoms. The van der Waals surface area contributed by atoms with Gasteiger partial charge in [0.1, 0.15) is 0 Å². The molecule has 0 spiro atoms. The van der Waals surface area contributed by atoms with E-state index >= 15 is 0 Å². The Kier molecular flexibility index (Phi) is 4.61. The molecule has 1 amide bonds. The number of hydrogen-bond donors (Lipinski definition) is 1. The average molecular weight is 267 g/mol. The average Bonchev–Trinajstić information content (AvgIpc) is 2.81. The number of carbonyl (C=O) groups excluding carboxylic acids is 1. The molecule has 1 aromatic carbocycles. The van der Waals surface area contributed by atoms with Crippen molar-refractivity contribution in [2.45, 2.75) is 19.4 Å². The molecule has 3 nitrogen and oxygen atoms in total. The molecule has 1 aliphatic rings. The lowest BCUT2D eigenvalue weighted by Crippen LogP contribution is -2.28. The minimum atomic E-state index is 0.212. The van der Waals surface area contributed by atoms with Crippen molar-refractivity contribution in [3.63, 3.8) is 0 Å². The Bertz CT molecular complexity index is 416. The van der Waals surface area contributed by atoms with E-state index in [2.05, 4.69) is 5.32 Å². The third kappa shape index (κ3) is 3.72. The van der Waals surface area contributed by atoms with Gasteiger partial charge in [0, 0.05) is 25.0 Å². The Morgan fingerprint density at radius 2 is 2.39 bits per heavy atom. The Morgan fingerprint density at radius 3 is 3.06 bits per heavy atom. The molecule has 0 radical (unpaired) electrons. The van der Waals surface area contributed by atoms with Gasteiger partial charge in [-0.3, -0.25) is 4.79 Å². The monoisotopic (exact) mass is 266 g/mol. The van der Waals surface area contributed by atoms with Gasteiger partial charge in [-0.05, 0) is 43.1 Å². The molecule has 1 heterocycles. The van der Waals surface area contributed by atoms with Crippen LogP contribution in [0.4, 0.5) is 0 Å². The summed E-state index contributed by atoms with van der Waals surface area (Å²) in [6.45, 7) is 2.63. The lowest BCUT2D eigenvalue weighted by molar-refractivity contribution is -0.131. The van der Waals surface area contributed by atoms with Crippen LogP contribution < -0.4 is 5.32 Å². The van der Waals surface area contributed by atoms with Crippen LogP contribution in [0.5, 0.6) is 0 Å². The van der Waals surface area contributed by atoms with Gasteiger partial charge in [0.25, 0.3) is 0 Å². The lowest BCUT2D eigenvalue weighted by Gasteiger charge is -2.19. The van der Waals surface area contributed by atoms with Gasteiger partial charge in [-0.2, -0.15) is 0 Å². The Hall–Kier alpha value is -1.06. The van der Waals surface area contributed by atoms with Crippen molar-refractivity contribution in [2.75, 3.05) is 20.1 Å². The summed E-state index contributed by atoms with van der Waals surface area (Å²) in [5.41, 5.74) is 1.07. The van der Waals surface area contributed by atoms with Gasteiger partial charge in [-0.15, -0.1) is 0 Å². The van der Waals surface area contributed by atoms with Crippen molar-refractivity contribution in [2.24, 2.45) is 5.92 Å². The molecular weight excluding hydrogens is 248 g/mol. The van der Waals surface area contributed by atoms with Gasteiger partial charge in [0.2, 0.25) is 5.91 Å². The molecule has 1 atom stereocenters. The smallest absolute Gasteiger partial charge is 0.222 e. The summed E-state index contributed by atoms with van der Waals surface area (Å²) in [6, 6.07) is 7.66. The van der Waals surface area contributed by atoms with E-state index in [1.54, 1.807) is 4.90 Å². The number of rotatable bonds is 4. The highest BCUT2D eigenvalue weighted by molar-refractivity contribution is 6.30. The first-order chi connectivity index (χ1) is 8.65. The van der Waals surface area contributed by atoms with Gasteiger partial charge in [-0.1, -0.05) is 23.7 Å². The molecule has 0 saturated carbocycles. The summed E-state index contributed by atoms with van der Waals surface area (Å²) < 4.78 is 0. The Morgan fingerprint density at radius 1 is 1.56 bits per heavy atom. The van der Waals surface area contributed by atoms with E-state index in [4.69, 9.17) is 11.6 Å². The molecule has 98 valence electrons. The van der Waals surface area contributed by atoms with Crippen LogP contribution in [0.2, 0.25) is 5.02 Å². The maximum atomic E-state index is 12.1. The summed E-state index contributed by atoms with van der Waals surface area (Å²) in [6.07, 6.45) is 1.75. The van der Waals surface area contributed by atoms with E-state index in [9.17, 15) is 4.79 Å². The molecule has 2 rings (SSSR count). The number of benzene rings is 1. The van der Waals surface area contributed by atoms with Crippen molar-refractivity contribution in [3.05, 3.63) is 34.9 Å². The highest BCUT2D eigenvalue weighted by Gasteiger charge is 2.20. The van der Waals surface area contributed by atoms with Crippen LogP contribution in [0.3, 0.4) is 0 Å². The molecule has 1 fully saturated rings. The van der Waals surface area contributed by atoms with Gasteiger partial charge >= 0.3 is 0 Å². The minimum absolute atomic E-state index is 0.212. The second-order valence-corrected chi connectivity index (χ2v) is 5.38. The third-order valence-corrected chi connectivity index (χ3v) is 3.60. The highest BCUT2D eigenvalue weighted by Crippen LogP contribution is 2.16. The van der Waals surface area contributed by atoms with Gasteiger partial charge in [0.05, 0.1) is 0 Å². The first kappa shape index (κ1) is 13.4. The van der Waals surface area contributed by atoms with Crippen LogP contribution in [-0.4, -0.2) is 30.9 Å². The number of nitrogens with zero attached hydrogens (tertiary/aromatic N) is 1. The fourth-order valence-corrected chi connectivity index (χ4v) is 2.50. The SMILES string of the molecule is CN(Cc1cccc(Cl)c1)C(=O)CC1CCNC1. The fraction of sp³-hybridized carbons (Fsp3) is 0.500. The number of hydrogen-bond acceptors (Lipinski definition) is 2. The van der Waals surface area contributed by atoms with Crippen molar-refractivity contribution in [3.8, 4) is 0 Å². The second-order valence-electron chi connectivity index (χ2n) is 4.94. The molecule has 0 bridgehead atoms. The van der Waals surface area contributed by atoms with Crippen molar-refractivity contribution in [1.82, 2.24) is 10.2 Å². The number of carbonyl (C=O) groups is 1. The van der Waals surface area contributed by atoms with Gasteiger partial charge in [0.15, 0.2) is 0 Å². The zero-order chi connectivity index (χ0) is 13.0. The number of nitrogens with one attached hydrogen (secondary N) is 1. The normalized spacial score (nSPS) is 18.9. The van der Waals surface area contributed by atoms with E-state index in [-0.39, 0.29) is 5.91 Å².